The Morgan fingerprint density at radius 2 is 1.97 bits per heavy atom. The first-order chi connectivity index (χ1) is 14.6. The first-order valence-corrected chi connectivity index (χ1v) is 10.3. The molecule has 1 saturated carbocycles. The van der Waals surface area contributed by atoms with Gasteiger partial charge in [-0.05, 0) is 60.8 Å². The Bertz CT molecular complexity index is 1170. The molecule has 1 aromatic carbocycles. The van der Waals surface area contributed by atoms with Crippen molar-refractivity contribution >= 4 is 16.8 Å². The fourth-order valence-corrected chi connectivity index (χ4v) is 4.38. The number of primary amides is 1. The summed E-state index contributed by atoms with van der Waals surface area (Å²) < 4.78 is 26.7. The molecule has 1 atom stereocenters. The Kier molecular flexibility index (Phi) is 6.53. The Labute approximate surface area is 179 Å². The van der Waals surface area contributed by atoms with E-state index in [0.717, 1.165) is 18.4 Å². The summed E-state index contributed by atoms with van der Waals surface area (Å²) in [6.07, 6.45) is 7.50. The van der Waals surface area contributed by atoms with E-state index in [1.807, 2.05) is 0 Å². The number of aromatic amines is 1. The van der Waals surface area contributed by atoms with E-state index in [1.165, 1.54) is 37.4 Å². The van der Waals surface area contributed by atoms with E-state index in [1.54, 1.807) is 19.1 Å². The zero-order valence-electron chi connectivity index (χ0n) is 18.0. The largest absolute Gasteiger partial charge is 0.364 e. The molecule has 0 unspecified atom stereocenters. The van der Waals surface area contributed by atoms with Gasteiger partial charge in [-0.2, -0.15) is 0 Å². The predicted molar refractivity (Wildman–Crippen MR) is 117 cm³/mol. The van der Waals surface area contributed by atoms with Gasteiger partial charge in [-0.25, -0.2) is 8.78 Å². The number of rotatable bonds is 2. The molecule has 5 nitrogen and oxygen atoms in total. The predicted octanol–water partition coefficient (Wildman–Crippen LogP) is 4.98. The molecule has 1 amide bonds. The maximum absolute atomic E-state index is 13.6. The number of nitrogens with one attached hydrogen (secondary N) is 1. The fourth-order valence-electron chi connectivity index (χ4n) is 4.38. The third-order valence-corrected chi connectivity index (χ3v) is 5.93. The van der Waals surface area contributed by atoms with Crippen LogP contribution in [0.2, 0.25) is 0 Å². The van der Waals surface area contributed by atoms with Gasteiger partial charge in [0.1, 0.15) is 5.69 Å². The van der Waals surface area contributed by atoms with E-state index < -0.39 is 17.5 Å². The Balaban J connectivity index is 0.000000179. The minimum absolute atomic E-state index is 0.00403. The first-order valence-electron chi connectivity index (χ1n) is 10.3. The molecule has 4 rings (SSSR count). The van der Waals surface area contributed by atoms with Crippen molar-refractivity contribution < 1.29 is 13.6 Å². The van der Waals surface area contributed by atoms with Gasteiger partial charge in [-0.15, -0.1) is 0 Å². The van der Waals surface area contributed by atoms with Gasteiger partial charge in [0, 0.05) is 18.5 Å². The van der Waals surface area contributed by atoms with Crippen LogP contribution in [0.25, 0.3) is 10.9 Å². The molecule has 31 heavy (non-hydrogen) atoms. The van der Waals surface area contributed by atoms with Crippen LogP contribution in [-0.2, 0) is 0 Å². The van der Waals surface area contributed by atoms with Gasteiger partial charge in [0.25, 0.3) is 5.91 Å². The summed E-state index contributed by atoms with van der Waals surface area (Å²) in [6, 6.07) is 5.97. The monoisotopic (exact) mass is 427 g/mol. The summed E-state index contributed by atoms with van der Waals surface area (Å²) in [5.74, 6) is -1.73. The Hall–Kier alpha value is -3.09. The smallest absolute Gasteiger partial charge is 0.268 e. The minimum Gasteiger partial charge on any atom is -0.364 e. The molecule has 3 N–H and O–H groups in total. The van der Waals surface area contributed by atoms with Gasteiger partial charge >= 0.3 is 0 Å². The summed E-state index contributed by atoms with van der Waals surface area (Å²) in [7, 11) is 0. The average molecular weight is 427 g/mol. The van der Waals surface area contributed by atoms with Crippen LogP contribution in [0, 0.1) is 24.0 Å². The van der Waals surface area contributed by atoms with Crippen LogP contribution in [0.15, 0.2) is 41.5 Å². The van der Waals surface area contributed by atoms with Crippen LogP contribution in [-0.4, -0.2) is 15.9 Å². The van der Waals surface area contributed by atoms with Gasteiger partial charge in [0.2, 0.25) is 0 Å². The normalized spacial score (nSPS) is 17.6. The van der Waals surface area contributed by atoms with E-state index in [2.05, 4.69) is 23.8 Å². The average Bonchev–Trinajstić information content (AvgIpc) is 2.71. The van der Waals surface area contributed by atoms with E-state index >= 15 is 0 Å². The van der Waals surface area contributed by atoms with Crippen molar-refractivity contribution in [2.75, 3.05) is 0 Å². The van der Waals surface area contributed by atoms with E-state index in [-0.39, 0.29) is 16.5 Å². The molecule has 2 heterocycles. The summed E-state index contributed by atoms with van der Waals surface area (Å²) in [5, 5.41) is 0.238. The number of hydrogen-bond acceptors (Lipinski definition) is 3. The van der Waals surface area contributed by atoms with Gasteiger partial charge in [0.15, 0.2) is 17.1 Å². The van der Waals surface area contributed by atoms with E-state index in [4.69, 9.17) is 5.73 Å². The quantitative estimate of drug-likeness (QED) is 0.605. The molecule has 1 aliphatic rings. The number of H-pyrrole nitrogens is 1. The highest BCUT2D eigenvalue weighted by Crippen LogP contribution is 2.44. The maximum Gasteiger partial charge on any atom is 0.268 e. The van der Waals surface area contributed by atoms with Crippen LogP contribution in [0.1, 0.15) is 67.1 Å². The lowest BCUT2D eigenvalue weighted by atomic mass is 9.69. The topological polar surface area (TPSA) is 88.8 Å². The fraction of sp³-hybridized carbons (Fsp3) is 0.375. The molecule has 0 spiro atoms. The molecule has 3 aromatic rings. The number of fused-ring (bicyclic) bond motifs is 1. The standard InChI is InChI=1S/C15H20F2.C9H7N3O2/c1-10-12(6-7-13(16)14(10)17)11-5-4-8-15(2,3)9-11;10-9(14)8-7-5(1-3-12-8)11-4-2-6(7)13/h6-7,11H,4-5,8-9H2,1-3H3;1-4H,(H2,10,14)(H,11,13)/t11-;/m1./s1. The highest BCUT2D eigenvalue weighted by molar-refractivity contribution is 6.03. The SMILES string of the molecule is Cc1c([C@@H]2CCCC(C)(C)C2)ccc(F)c1F.NC(=O)c1nccc2[nH]ccc(=O)c12. The number of nitrogens with two attached hydrogens (primary N) is 1. The van der Waals surface area contributed by atoms with Crippen molar-refractivity contribution in [3.63, 3.8) is 0 Å². The Morgan fingerprint density at radius 3 is 2.65 bits per heavy atom. The summed E-state index contributed by atoms with van der Waals surface area (Å²) in [4.78, 5) is 29.0. The first kappa shape index (κ1) is 22.6. The van der Waals surface area contributed by atoms with Crippen LogP contribution >= 0.6 is 0 Å². The number of pyridine rings is 2. The molecular weight excluding hydrogens is 400 g/mol. The zero-order valence-corrected chi connectivity index (χ0v) is 18.0. The molecule has 2 aromatic heterocycles. The third-order valence-electron chi connectivity index (χ3n) is 5.93. The van der Waals surface area contributed by atoms with Crippen molar-refractivity contribution in [2.45, 2.75) is 52.4 Å². The highest BCUT2D eigenvalue weighted by atomic mass is 19.2. The highest BCUT2D eigenvalue weighted by Gasteiger charge is 2.30. The van der Waals surface area contributed by atoms with Gasteiger partial charge in [-0.1, -0.05) is 26.3 Å². The minimum atomic E-state index is -0.735. The molecular formula is C24H27F2N3O2. The number of amides is 1. The number of hydrogen-bond donors (Lipinski definition) is 2. The van der Waals surface area contributed by atoms with Crippen LogP contribution in [0.4, 0.5) is 8.78 Å². The van der Waals surface area contributed by atoms with Gasteiger partial charge in [-0.3, -0.25) is 14.6 Å². The summed E-state index contributed by atoms with van der Waals surface area (Å²) >= 11 is 0. The number of carbonyl (C=O) groups excluding carboxylic acids is 1. The number of benzene rings is 1. The lowest BCUT2D eigenvalue weighted by Crippen LogP contribution is -2.22. The number of halogens is 2. The summed E-state index contributed by atoms with van der Waals surface area (Å²) in [6.45, 7) is 6.21. The molecule has 0 aliphatic heterocycles. The number of nitrogens with zero attached hydrogens (tertiary/aromatic N) is 1. The summed E-state index contributed by atoms with van der Waals surface area (Å²) in [5.41, 5.74) is 7.20. The lowest BCUT2D eigenvalue weighted by Gasteiger charge is -2.36. The third kappa shape index (κ3) is 4.98. The molecule has 0 radical (unpaired) electrons. The lowest BCUT2D eigenvalue weighted by molar-refractivity contribution is 0.0997. The van der Waals surface area contributed by atoms with Gasteiger partial charge in [0.05, 0.1) is 10.9 Å². The second-order valence-corrected chi connectivity index (χ2v) is 8.82. The molecule has 7 heteroatoms. The molecule has 1 fully saturated rings. The second-order valence-electron chi connectivity index (χ2n) is 8.82. The molecule has 1 aliphatic carbocycles. The van der Waals surface area contributed by atoms with Crippen LogP contribution in [0.5, 0.6) is 0 Å². The van der Waals surface area contributed by atoms with Crippen LogP contribution in [0.3, 0.4) is 0 Å². The van der Waals surface area contributed by atoms with Crippen molar-refractivity contribution in [3.8, 4) is 0 Å². The Morgan fingerprint density at radius 1 is 1.23 bits per heavy atom. The molecule has 0 bridgehead atoms. The molecule has 0 saturated heterocycles. The number of aromatic nitrogens is 2. The van der Waals surface area contributed by atoms with Crippen LogP contribution < -0.4 is 11.2 Å². The second kappa shape index (κ2) is 8.96. The maximum atomic E-state index is 13.6. The molecule has 164 valence electrons. The van der Waals surface area contributed by atoms with E-state index in [0.29, 0.717) is 22.4 Å². The zero-order chi connectivity index (χ0) is 22.8. The van der Waals surface area contributed by atoms with Crippen molar-refractivity contribution in [3.05, 3.63) is 75.3 Å². The number of carbonyl (C=O) groups is 1. The van der Waals surface area contributed by atoms with Gasteiger partial charge < -0.3 is 10.7 Å². The van der Waals surface area contributed by atoms with E-state index in [9.17, 15) is 18.4 Å². The van der Waals surface area contributed by atoms with Crippen molar-refractivity contribution in [1.82, 2.24) is 9.97 Å². The van der Waals surface area contributed by atoms with Crippen molar-refractivity contribution in [1.29, 1.82) is 0 Å². The van der Waals surface area contributed by atoms with Crippen molar-refractivity contribution in [2.24, 2.45) is 11.1 Å².